The Morgan fingerprint density at radius 3 is 2.13 bits per heavy atom. The van der Waals surface area contributed by atoms with Gasteiger partial charge in [-0.3, -0.25) is 0 Å². The smallest absolute Gasteiger partial charge is 0.406 e. The second-order valence-electron chi connectivity index (χ2n) is 9.92. The Morgan fingerprint density at radius 2 is 1.53 bits per heavy atom. The van der Waals surface area contributed by atoms with Crippen molar-refractivity contribution in [1.29, 1.82) is 0 Å². The lowest BCUT2D eigenvalue weighted by Crippen LogP contribution is -2.16. The number of aryl methyl sites for hydroxylation is 1. The van der Waals surface area contributed by atoms with E-state index < -0.39 is 33.8 Å². The molecule has 0 unspecified atom stereocenters. The molecule has 0 amide bonds. The van der Waals surface area contributed by atoms with Crippen LogP contribution in [0.25, 0.3) is 33.8 Å². The van der Waals surface area contributed by atoms with Gasteiger partial charge < -0.3 is 14.4 Å². The Balaban J connectivity index is 1.70. The third-order valence-corrected chi connectivity index (χ3v) is 7.93. The quantitative estimate of drug-likeness (QED) is 0.207. The van der Waals surface area contributed by atoms with E-state index in [1.54, 1.807) is 24.3 Å². The van der Waals surface area contributed by atoms with Crippen molar-refractivity contribution in [3.63, 3.8) is 0 Å². The van der Waals surface area contributed by atoms with E-state index in [-0.39, 0.29) is 40.8 Å². The molecule has 0 aliphatic heterocycles. The number of aliphatic hydroxyl groups excluding tert-OH is 1. The predicted molar refractivity (Wildman–Crippen MR) is 150 cm³/mol. The first-order valence-electron chi connectivity index (χ1n) is 13.0. The standard InChI is InChI=1S/C29H23F6N5O4S/c1-17-37-27(28(30,31)32)16-39(17)23-10-7-20(21-4-3-19(11-12-41)26(14-21)45(2,42)43)13-24(23)40-25(15-36-38-40)18-5-8-22(9-6-18)44-29(33,34)35/h3-10,13-16,41H,11-12H2,1-2H3. The number of nitrogens with zero attached hydrogens (tertiary/aromatic N) is 5. The number of halogens is 6. The number of aliphatic hydroxyl groups is 1. The number of alkyl halides is 6. The molecule has 0 spiro atoms. The van der Waals surface area contributed by atoms with Crippen molar-refractivity contribution >= 4 is 9.84 Å². The van der Waals surface area contributed by atoms with E-state index in [0.717, 1.165) is 24.6 Å². The Labute approximate surface area is 252 Å². The molecule has 5 rings (SSSR count). The van der Waals surface area contributed by atoms with Crippen molar-refractivity contribution in [3.8, 4) is 39.5 Å². The number of rotatable bonds is 8. The number of hydrogen-bond donors (Lipinski definition) is 1. The minimum absolute atomic E-state index is 0.000591. The molecular formula is C29H23F6N5O4S. The first-order valence-corrected chi connectivity index (χ1v) is 14.9. The number of aromatic nitrogens is 5. The average Bonchev–Trinajstić information content (AvgIpc) is 3.59. The van der Waals surface area contributed by atoms with Gasteiger partial charge in [0, 0.05) is 24.6 Å². The minimum Gasteiger partial charge on any atom is -0.406 e. The maximum atomic E-state index is 13.6. The van der Waals surface area contributed by atoms with Gasteiger partial charge in [0.2, 0.25) is 0 Å². The molecular weight excluding hydrogens is 628 g/mol. The summed E-state index contributed by atoms with van der Waals surface area (Å²) < 4.78 is 110. The number of hydrogen-bond acceptors (Lipinski definition) is 7. The highest BCUT2D eigenvalue weighted by Gasteiger charge is 2.35. The molecule has 1 N–H and O–H groups in total. The summed E-state index contributed by atoms with van der Waals surface area (Å²) in [5, 5.41) is 17.4. The molecule has 0 bridgehead atoms. The van der Waals surface area contributed by atoms with Crippen molar-refractivity contribution in [1.82, 2.24) is 24.5 Å². The maximum Gasteiger partial charge on any atom is 0.573 e. The molecule has 9 nitrogen and oxygen atoms in total. The van der Waals surface area contributed by atoms with Gasteiger partial charge in [0.1, 0.15) is 11.6 Å². The van der Waals surface area contributed by atoms with Crippen molar-refractivity contribution in [2.75, 3.05) is 12.9 Å². The zero-order valence-electron chi connectivity index (χ0n) is 23.4. The van der Waals surface area contributed by atoms with E-state index in [9.17, 15) is 39.9 Å². The fraction of sp³-hybridized carbons (Fsp3) is 0.207. The summed E-state index contributed by atoms with van der Waals surface area (Å²) in [7, 11) is -3.70. The highest BCUT2D eigenvalue weighted by molar-refractivity contribution is 7.90. The van der Waals surface area contributed by atoms with Gasteiger partial charge in [0.15, 0.2) is 15.5 Å². The van der Waals surface area contributed by atoms with Crippen LogP contribution in [0.4, 0.5) is 26.3 Å². The molecule has 0 aliphatic rings. The molecule has 45 heavy (non-hydrogen) atoms. The van der Waals surface area contributed by atoms with Gasteiger partial charge in [0.25, 0.3) is 0 Å². The van der Waals surface area contributed by atoms with Gasteiger partial charge in [-0.05, 0) is 72.5 Å². The summed E-state index contributed by atoms with van der Waals surface area (Å²) in [6.45, 7) is 1.11. The van der Waals surface area contributed by atoms with Crippen LogP contribution in [0.1, 0.15) is 17.1 Å². The minimum atomic E-state index is -4.90. The molecule has 0 saturated carbocycles. The first-order chi connectivity index (χ1) is 21.0. The molecule has 0 saturated heterocycles. The van der Waals surface area contributed by atoms with Gasteiger partial charge in [-0.25, -0.2) is 18.1 Å². The lowest BCUT2D eigenvalue weighted by Gasteiger charge is -2.17. The predicted octanol–water partition coefficient (Wildman–Crippen LogP) is 5.95. The third kappa shape index (κ3) is 6.86. The number of ether oxygens (including phenoxy) is 1. The monoisotopic (exact) mass is 651 g/mol. The van der Waals surface area contributed by atoms with Crippen LogP contribution in [-0.2, 0) is 22.4 Å². The number of imidazole rings is 1. The van der Waals surface area contributed by atoms with Crippen molar-refractivity contribution in [2.24, 2.45) is 0 Å². The second kappa shape index (κ2) is 11.7. The molecule has 0 fully saturated rings. The van der Waals surface area contributed by atoms with Gasteiger partial charge in [-0.15, -0.1) is 18.3 Å². The summed E-state index contributed by atoms with van der Waals surface area (Å²) >= 11 is 0. The van der Waals surface area contributed by atoms with Crippen LogP contribution in [0, 0.1) is 6.92 Å². The summed E-state index contributed by atoms with van der Waals surface area (Å²) in [6, 6.07) is 14.2. The van der Waals surface area contributed by atoms with Gasteiger partial charge in [-0.2, -0.15) is 13.2 Å². The van der Waals surface area contributed by atoms with Gasteiger partial charge in [-0.1, -0.05) is 23.4 Å². The number of benzene rings is 3. The zero-order chi connectivity index (χ0) is 32.7. The topological polar surface area (TPSA) is 112 Å². The molecule has 5 aromatic rings. The Bertz CT molecular complexity index is 1970. The van der Waals surface area contributed by atoms with Crippen LogP contribution in [-0.4, -0.2) is 57.3 Å². The second-order valence-corrected chi connectivity index (χ2v) is 11.9. The van der Waals surface area contributed by atoms with E-state index in [2.05, 4.69) is 20.0 Å². The Hall–Kier alpha value is -4.70. The fourth-order valence-corrected chi connectivity index (χ4v) is 5.76. The lowest BCUT2D eigenvalue weighted by molar-refractivity contribution is -0.274. The van der Waals surface area contributed by atoms with E-state index >= 15 is 0 Å². The summed E-state index contributed by atoms with van der Waals surface area (Å²) in [5.74, 6) is -0.465. The zero-order valence-corrected chi connectivity index (χ0v) is 24.2. The molecule has 2 aromatic heterocycles. The third-order valence-electron chi connectivity index (χ3n) is 6.75. The summed E-state index contributed by atoms with van der Waals surface area (Å²) in [6.07, 6.45) is -6.35. The van der Waals surface area contributed by atoms with Crippen molar-refractivity contribution in [2.45, 2.75) is 30.8 Å². The van der Waals surface area contributed by atoms with Crippen LogP contribution in [0.15, 0.2) is 78.0 Å². The molecule has 0 atom stereocenters. The van der Waals surface area contributed by atoms with Crippen LogP contribution in [0.2, 0.25) is 0 Å². The lowest BCUT2D eigenvalue weighted by atomic mass is 10.0. The van der Waals surface area contributed by atoms with Crippen LogP contribution in [0.5, 0.6) is 5.75 Å². The van der Waals surface area contributed by atoms with Crippen LogP contribution in [0.3, 0.4) is 0 Å². The molecule has 16 heteroatoms. The molecule has 0 aliphatic carbocycles. The Kier molecular flexibility index (Phi) is 8.22. The Morgan fingerprint density at radius 1 is 0.889 bits per heavy atom. The first kappa shape index (κ1) is 31.7. The van der Waals surface area contributed by atoms with E-state index in [0.29, 0.717) is 22.3 Å². The molecule has 2 heterocycles. The average molecular weight is 652 g/mol. The number of sulfone groups is 1. The van der Waals surface area contributed by atoms with E-state index in [4.69, 9.17) is 0 Å². The molecule has 236 valence electrons. The SMILES string of the molecule is Cc1nc(C(F)(F)F)cn1-c1ccc(-c2ccc(CCO)c(S(C)(=O)=O)c2)cc1-n1nncc1-c1ccc(OC(F)(F)F)cc1. The van der Waals surface area contributed by atoms with Crippen LogP contribution < -0.4 is 4.74 Å². The summed E-state index contributed by atoms with van der Waals surface area (Å²) in [5.41, 5.74) is 1.20. The normalized spacial score (nSPS) is 12.5. The highest BCUT2D eigenvalue weighted by Crippen LogP contribution is 2.35. The van der Waals surface area contributed by atoms with Crippen molar-refractivity contribution in [3.05, 3.63) is 90.1 Å². The van der Waals surface area contributed by atoms with E-state index in [1.165, 1.54) is 46.6 Å². The van der Waals surface area contributed by atoms with Crippen molar-refractivity contribution < 1.29 is 44.6 Å². The summed E-state index contributed by atoms with van der Waals surface area (Å²) in [4.78, 5) is 3.65. The highest BCUT2D eigenvalue weighted by atomic mass is 32.2. The molecule has 3 aromatic carbocycles. The fourth-order valence-electron chi connectivity index (χ4n) is 4.77. The molecule has 0 radical (unpaired) electrons. The largest absolute Gasteiger partial charge is 0.573 e. The van der Waals surface area contributed by atoms with Gasteiger partial charge >= 0.3 is 12.5 Å². The van der Waals surface area contributed by atoms with E-state index in [1.807, 2.05) is 0 Å². The maximum absolute atomic E-state index is 13.6. The van der Waals surface area contributed by atoms with Crippen LogP contribution >= 0.6 is 0 Å². The van der Waals surface area contributed by atoms with Gasteiger partial charge in [0.05, 0.1) is 28.2 Å².